The quantitative estimate of drug-likeness (QED) is 0.698. The van der Waals surface area contributed by atoms with Gasteiger partial charge in [-0.15, -0.1) is 0 Å². The molecule has 4 nitrogen and oxygen atoms in total. The molecule has 4 aliphatic rings. The fraction of sp³-hybridized carbons (Fsp3) is 0.857. The van der Waals surface area contributed by atoms with E-state index in [2.05, 4.69) is 0 Å². The summed E-state index contributed by atoms with van der Waals surface area (Å²) >= 11 is 0. The van der Waals surface area contributed by atoms with E-state index < -0.39 is 11.9 Å². The van der Waals surface area contributed by atoms with Gasteiger partial charge in [0.05, 0.1) is 0 Å². The third kappa shape index (κ3) is 5.52. The number of aliphatic carboxylic acids is 2. The third-order valence-corrected chi connectivity index (χ3v) is 4.00. The number of hydrogen-bond donors (Lipinski definition) is 2. The van der Waals surface area contributed by atoms with Crippen LogP contribution in [0.2, 0.25) is 0 Å². The van der Waals surface area contributed by atoms with Crippen LogP contribution in [0.3, 0.4) is 0 Å². The van der Waals surface area contributed by atoms with Crippen molar-refractivity contribution in [2.24, 2.45) is 23.7 Å². The van der Waals surface area contributed by atoms with Gasteiger partial charge in [-0.1, -0.05) is 0 Å². The first-order valence-electron chi connectivity index (χ1n) is 6.75. The Kier molecular flexibility index (Phi) is 5.63. The lowest BCUT2D eigenvalue weighted by molar-refractivity contribution is -0.135. The predicted molar refractivity (Wildman–Crippen MR) is 68.3 cm³/mol. The topological polar surface area (TPSA) is 74.6 Å². The third-order valence-electron chi connectivity index (χ3n) is 4.00. The highest BCUT2D eigenvalue weighted by molar-refractivity contribution is 5.63. The Balaban J connectivity index is 0.000000174. The van der Waals surface area contributed by atoms with E-state index in [4.69, 9.17) is 19.8 Å². The highest BCUT2D eigenvalue weighted by atomic mass is 16.4. The number of rotatable bonds is 0. The van der Waals surface area contributed by atoms with Gasteiger partial charge in [-0.2, -0.15) is 0 Å². The molecule has 0 amide bonds. The lowest BCUT2D eigenvalue weighted by Gasteiger charge is -2.49. The Bertz CT molecular complexity index is 222. The van der Waals surface area contributed by atoms with Crippen LogP contribution in [-0.2, 0) is 9.59 Å². The van der Waals surface area contributed by atoms with Crippen molar-refractivity contribution in [2.45, 2.75) is 52.4 Å². The summed E-state index contributed by atoms with van der Waals surface area (Å²) < 4.78 is 0. The fourth-order valence-corrected chi connectivity index (χ4v) is 3.98. The summed E-state index contributed by atoms with van der Waals surface area (Å²) in [4.78, 5) is 18.0. The van der Waals surface area contributed by atoms with Crippen molar-refractivity contribution in [1.29, 1.82) is 0 Å². The molecule has 0 heterocycles. The molecule has 4 bridgehead atoms. The molecule has 0 saturated heterocycles. The van der Waals surface area contributed by atoms with Gasteiger partial charge in [0.1, 0.15) is 0 Å². The van der Waals surface area contributed by atoms with Gasteiger partial charge in [0.2, 0.25) is 0 Å². The summed E-state index contributed by atoms with van der Waals surface area (Å²) in [5.74, 6) is 3.04. The average Bonchev–Trinajstić information content (AvgIpc) is 2.12. The number of carbonyl (C=O) groups is 2. The van der Waals surface area contributed by atoms with Gasteiger partial charge in [-0.25, -0.2) is 0 Å². The molecule has 4 saturated carbocycles. The Morgan fingerprint density at radius 3 is 0.889 bits per heavy atom. The van der Waals surface area contributed by atoms with Gasteiger partial charge >= 0.3 is 0 Å². The average molecular weight is 256 g/mol. The van der Waals surface area contributed by atoms with E-state index in [0.29, 0.717) is 0 Å². The highest BCUT2D eigenvalue weighted by Crippen LogP contribution is 2.53. The lowest BCUT2D eigenvalue weighted by atomic mass is 9.56. The van der Waals surface area contributed by atoms with Crippen molar-refractivity contribution in [2.75, 3.05) is 0 Å². The summed E-state index contributed by atoms with van der Waals surface area (Å²) in [6.07, 6.45) is 9.62. The van der Waals surface area contributed by atoms with E-state index in [1.807, 2.05) is 0 Å². The molecular weight excluding hydrogens is 232 g/mol. The molecular formula is C14H24O4. The summed E-state index contributed by atoms with van der Waals surface area (Å²) in [5.41, 5.74) is 0. The van der Waals surface area contributed by atoms with Gasteiger partial charge in [-0.3, -0.25) is 9.59 Å². The maximum atomic E-state index is 9.00. The Morgan fingerprint density at radius 2 is 0.778 bits per heavy atom. The van der Waals surface area contributed by atoms with E-state index in [0.717, 1.165) is 13.8 Å². The molecule has 4 rings (SSSR count). The minimum atomic E-state index is -0.833. The van der Waals surface area contributed by atoms with Gasteiger partial charge in [-0.05, 0) is 62.2 Å². The molecule has 4 heteroatoms. The van der Waals surface area contributed by atoms with Crippen LogP contribution in [0.5, 0.6) is 0 Å². The van der Waals surface area contributed by atoms with Gasteiger partial charge in [0.25, 0.3) is 11.9 Å². The highest BCUT2D eigenvalue weighted by Gasteiger charge is 2.41. The second kappa shape index (κ2) is 6.76. The van der Waals surface area contributed by atoms with Crippen LogP contribution in [0.4, 0.5) is 0 Å². The van der Waals surface area contributed by atoms with Crippen LogP contribution in [0.15, 0.2) is 0 Å². The molecule has 104 valence electrons. The maximum Gasteiger partial charge on any atom is 0.300 e. The Labute approximate surface area is 108 Å². The summed E-state index contributed by atoms with van der Waals surface area (Å²) in [6.45, 7) is 2.17. The fourth-order valence-electron chi connectivity index (χ4n) is 3.98. The zero-order chi connectivity index (χ0) is 13.7. The summed E-state index contributed by atoms with van der Waals surface area (Å²) in [6, 6.07) is 0. The van der Waals surface area contributed by atoms with Crippen molar-refractivity contribution in [3.8, 4) is 0 Å². The van der Waals surface area contributed by atoms with E-state index in [-0.39, 0.29) is 0 Å². The molecule has 0 unspecified atom stereocenters. The molecule has 0 aromatic carbocycles. The molecule has 0 spiro atoms. The Morgan fingerprint density at radius 1 is 0.667 bits per heavy atom. The smallest absolute Gasteiger partial charge is 0.300 e. The van der Waals surface area contributed by atoms with Crippen molar-refractivity contribution in [1.82, 2.24) is 0 Å². The molecule has 0 aliphatic heterocycles. The second-order valence-electron chi connectivity index (χ2n) is 5.92. The van der Waals surface area contributed by atoms with Crippen molar-refractivity contribution in [3.05, 3.63) is 0 Å². The SMILES string of the molecule is C1C2CC3CC1CC(C2)C3.CC(=O)O.CC(=O)O. The number of carboxylic acid groups (broad SMARTS) is 2. The van der Waals surface area contributed by atoms with E-state index >= 15 is 0 Å². The second-order valence-corrected chi connectivity index (χ2v) is 5.92. The first-order chi connectivity index (χ1) is 8.36. The lowest BCUT2D eigenvalue weighted by Crippen LogP contribution is -2.38. The molecule has 2 N–H and O–H groups in total. The molecule has 0 atom stereocenters. The summed E-state index contributed by atoms with van der Waals surface area (Å²) in [5, 5.41) is 14.8. The van der Waals surface area contributed by atoms with Crippen LogP contribution in [-0.4, -0.2) is 22.2 Å². The van der Waals surface area contributed by atoms with Crippen molar-refractivity contribution >= 4 is 11.9 Å². The standard InChI is InChI=1S/C10H16.2C2H4O2/c1-7-2-9-4-8(1)5-10(3-7)6-9;2*1-2(3)4/h7-10H,1-6H2;2*1H3,(H,3,4). The minimum Gasteiger partial charge on any atom is -0.481 e. The van der Waals surface area contributed by atoms with Gasteiger partial charge < -0.3 is 10.2 Å². The molecule has 0 aromatic heterocycles. The predicted octanol–water partition coefficient (Wildman–Crippen LogP) is 3.01. The molecule has 0 aromatic rings. The van der Waals surface area contributed by atoms with Crippen LogP contribution in [0.25, 0.3) is 0 Å². The number of hydrogen-bond acceptors (Lipinski definition) is 2. The van der Waals surface area contributed by atoms with Gasteiger partial charge in [0.15, 0.2) is 0 Å². The minimum absolute atomic E-state index is 0.833. The van der Waals surface area contributed by atoms with Crippen LogP contribution in [0, 0.1) is 23.7 Å². The van der Waals surface area contributed by atoms with Crippen molar-refractivity contribution < 1.29 is 19.8 Å². The van der Waals surface area contributed by atoms with Crippen LogP contribution < -0.4 is 0 Å². The largest absolute Gasteiger partial charge is 0.481 e. The van der Waals surface area contributed by atoms with E-state index in [9.17, 15) is 0 Å². The van der Waals surface area contributed by atoms with Crippen LogP contribution in [0.1, 0.15) is 52.4 Å². The Hall–Kier alpha value is -1.06. The zero-order valence-corrected chi connectivity index (χ0v) is 11.3. The molecule has 4 fully saturated rings. The first kappa shape index (κ1) is 15.0. The normalized spacial score (nSPS) is 34.8. The van der Waals surface area contributed by atoms with E-state index in [1.54, 1.807) is 38.5 Å². The first-order valence-corrected chi connectivity index (χ1v) is 6.75. The van der Waals surface area contributed by atoms with Crippen molar-refractivity contribution in [3.63, 3.8) is 0 Å². The van der Waals surface area contributed by atoms with E-state index in [1.165, 1.54) is 23.7 Å². The zero-order valence-electron chi connectivity index (χ0n) is 11.3. The van der Waals surface area contributed by atoms with Gasteiger partial charge in [0, 0.05) is 13.8 Å². The monoisotopic (exact) mass is 256 g/mol. The summed E-state index contributed by atoms with van der Waals surface area (Å²) in [7, 11) is 0. The molecule has 4 aliphatic carbocycles. The molecule has 0 radical (unpaired) electrons. The number of carboxylic acids is 2. The van der Waals surface area contributed by atoms with Crippen LogP contribution >= 0.6 is 0 Å². The maximum absolute atomic E-state index is 9.00. The molecule has 18 heavy (non-hydrogen) atoms.